The van der Waals surface area contributed by atoms with Gasteiger partial charge in [-0.25, -0.2) is 4.79 Å². The van der Waals surface area contributed by atoms with Gasteiger partial charge in [0.15, 0.2) is 0 Å². The molecule has 1 aromatic carbocycles. The van der Waals surface area contributed by atoms with Gasteiger partial charge in [0.05, 0.1) is 6.61 Å². The Morgan fingerprint density at radius 1 is 1.21 bits per heavy atom. The predicted molar refractivity (Wildman–Crippen MR) is 110 cm³/mol. The van der Waals surface area contributed by atoms with E-state index >= 15 is 0 Å². The van der Waals surface area contributed by atoms with Gasteiger partial charge in [-0.05, 0) is 56.9 Å². The highest BCUT2D eigenvalue weighted by Gasteiger charge is 2.53. The molecule has 156 valence electrons. The summed E-state index contributed by atoms with van der Waals surface area (Å²) in [6.45, 7) is 7.25. The first-order valence-electron chi connectivity index (χ1n) is 10.2. The summed E-state index contributed by atoms with van der Waals surface area (Å²) in [7, 11) is 0. The van der Waals surface area contributed by atoms with Crippen LogP contribution in [0.3, 0.4) is 0 Å². The molecule has 7 nitrogen and oxygen atoms in total. The van der Waals surface area contributed by atoms with E-state index in [1.807, 2.05) is 38.1 Å². The van der Waals surface area contributed by atoms with Gasteiger partial charge in [0.1, 0.15) is 11.3 Å². The summed E-state index contributed by atoms with van der Waals surface area (Å²) in [4.78, 5) is 40.4. The van der Waals surface area contributed by atoms with Gasteiger partial charge in [-0.15, -0.1) is 0 Å². The van der Waals surface area contributed by atoms with Crippen LogP contribution in [0.4, 0.5) is 4.79 Å². The standard InChI is InChI=1S/C22H29N3O4/c1-4-15-29-18-8-5-17(6-9-18)7-10-19(26)24-13-11-22(12-14-24)20(27)25(16(2)3)21(28)23-22/h5-10,16H,4,11-15H2,1-3H3,(H,23,28)/b10-7+. The summed E-state index contributed by atoms with van der Waals surface area (Å²) >= 11 is 0. The van der Waals surface area contributed by atoms with Gasteiger partial charge in [0.2, 0.25) is 5.91 Å². The van der Waals surface area contributed by atoms with E-state index in [9.17, 15) is 14.4 Å². The number of nitrogens with zero attached hydrogens (tertiary/aromatic N) is 2. The highest BCUT2D eigenvalue weighted by molar-refractivity contribution is 6.07. The second-order valence-electron chi connectivity index (χ2n) is 7.86. The van der Waals surface area contributed by atoms with E-state index < -0.39 is 5.54 Å². The van der Waals surface area contributed by atoms with Crippen molar-refractivity contribution in [2.45, 2.75) is 51.6 Å². The van der Waals surface area contributed by atoms with Crippen LogP contribution in [0.1, 0.15) is 45.6 Å². The number of piperidine rings is 1. The van der Waals surface area contributed by atoms with E-state index in [4.69, 9.17) is 4.74 Å². The molecule has 29 heavy (non-hydrogen) atoms. The molecular weight excluding hydrogens is 370 g/mol. The molecule has 2 aliphatic rings. The number of amides is 4. The Morgan fingerprint density at radius 3 is 2.41 bits per heavy atom. The van der Waals surface area contributed by atoms with E-state index in [0.29, 0.717) is 32.5 Å². The highest BCUT2D eigenvalue weighted by atomic mass is 16.5. The van der Waals surface area contributed by atoms with Gasteiger partial charge in [-0.1, -0.05) is 19.1 Å². The summed E-state index contributed by atoms with van der Waals surface area (Å²) in [5, 5.41) is 2.86. The summed E-state index contributed by atoms with van der Waals surface area (Å²) in [5.41, 5.74) is 0.0531. The van der Waals surface area contributed by atoms with Crippen molar-refractivity contribution in [3.63, 3.8) is 0 Å². The minimum absolute atomic E-state index is 0.0938. The van der Waals surface area contributed by atoms with E-state index in [1.54, 1.807) is 17.1 Å². The summed E-state index contributed by atoms with van der Waals surface area (Å²) in [6, 6.07) is 7.08. The Labute approximate surface area is 171 Å². The Hall–Kier alpha value is -2.83. The first-order valence-corrected chi connectivity index (χ1v) is 10.2. The number of likely N-dealkylation sites (tertiary alicyclic amines) is 1. The van der Waals surface area contributed by atoms with Gasteiger partial charge >= 0.3 is 6.03 Å². The van der Waals surface area contributed by atoms with Crippen molar-refractivity contribution in [3.05, 3.63) is 35.9 Å². The van der Waals surface area contributed by atoms with Crippen LogP contribution in [-0.4, -0.2) is 58.9 Å². The maximum absolute atomic E-state index is 12.7. The molecule has 0 bridgehead atoms. The molecule has 2 fully saturated rings. The minimum atomic E-state index is -0.865. The van der Waals surface area contributed by atoms with Gasteiger partial charge in [-0.3, -0.25) is 14.5 Å². The van der Waals surface area contributed by atoms with Crippen LogP contribution < -0.4 is 10.1 Å². The number of rotatable bonds is 6. The van der Waals surface area contributed by atoms with Crippen molar-refractivity contribution in [2.75, 3.05) is 19.7 Å². The van der Waals surface area contributed by atoms with Gasteiger partial charge in [0, 0.05) is 25.2 Å². The lowest BCUT2D eigenvalue weighted by atomic mass is 9.87. The Morgan fingerprint density at radius 2 is 1.86 bits per heavy atom. The number of carbonyl (C=O) groups is 3. The number of carbonyl (C=O) groups excluding carboxylic acids is 3. The van der Waals surface area contributed by atoms with Crippen molar-refractivity contribution in [1.82, 2.24) is 15.1 Å². The fourth-order valence-corrected chi connectivity index (χ4v) is 3.73. The van der Waals surface area contributed by atoms with Crippen molar-refractivity contribution in [3.8, 4) is 5.75 Å². The van der Waals surface area contributed by atoms with Crippen LogP contribution in [0.2, 0.25) is 0 Å². The van der Waals surface area contributed by atoms with Crippen LogP contribution in [0, 0.1) is 0 Å². The van der Waals surface area contributed by atoms with Crippen LogP contribution in [0.5, 0.6) is 5.75 Å². The Bertz CT molecular complexity index is 793. The van der Waals surface area contributed by atoms with Gasteiger partial charge < -0.3 is 15.0 Å². The Kier molecular flexibility index (Phi) is 6.25. The smallest absolute Gasteiger partial charge is 0.325 e. The van der Waals surface area contributed by atoms with Crippen LogP contribution in [0.25, 0.3) is 6.08 Å². The first-order chi connectivity index (χ1) is 13.9. The number of benzene rings is 1. The van der Waals surface area contributed by atoms with E-state index in [1.165, 1.54) is 4.90 Å². The van der Waals surface area contributed by atoms with Crippen molar-refractivity contribution >= 4 is 23.9 Å². The number of ether oxygens (including phenoxy) is 1. The van der Waals surface area contributed by atoms with E-state index in [-0.39, 0.29) is 23.9 Å². The lowest BCUT2D eigenvalue weighted by Gasteiger charge is -2.37. The number of nitrogens with one attached hydrogen (secondary N) is 1. The highest BCUT2D eigenvalue weighted by Crippen LogP contribution is 2.30. The summed E-state index contributed by atoms with van der Waals surface area (Å²) < 4.78 is 5.56. The fraction of sp³-hybridized carbons (Fsp3) is 0.500. The molecule has 1 N–H and O–H groups in total. The molecule has 0 aromatic heterocycles. The van der Waals surface area contributed by atoms with Crippen molar-refractivity contribution in [2.24, 2.45) is 0 Å². The SMILES string of the molecule is CCCOc1ccc(/C=C/C(=O)N2CCC3(CC2)NC(=O)N(C(C)C)C3=O)cc1. The van der Waals surface area contributed by atoms with Crippen LogP contribution in [0.15, 0.2) is 30.3 Å². The topological polar surface area (TPSA) is 79.0 Å². The molecule has 7 heteroatoms. The number of imide groups is 1. The molecular formula is C22H29N3O4. The maximum atomic E-state index is 12.7. The molecule has 0 saturated carbocycles. The third-order valence-electron chi connectivity index (χ3n) is 5.41. The van der Waals surface area contributed by atoms with E-state index in [2.05, 4.69) is 12.2 Å². The molecule has 3 rings (SSSR count). The molecule has 2 saturated heterocycles. The van der Waals surface area contributed by atoms with Crippen LogP contribution in [-0.2, 0) is 9.59 Å². The van der Waals surface area contributed by atoms with E-state index in [0.717, 1.165) is 17.7 Å². The molecule has 0 unspecified atom stereocenters. The predicted octanol–water partition coefficient (Wildman–Crippen LogP) is 2.81. The largest absolute Gasteiger partial charge is 0.494 e. The first kappa shape index (κ1) is 20.9. The zero-order chi connectivity index (χ0) is 21.0. The second-order valence-corrected chi connectivity index (χ2v) is 7.86. The molecule has 0 atom stereocenters. The zero-order valence-corrected chi connectivity index (χ0v) is 17.3. The third kappa shape index (κ3) is 4.44. The number of hydrogen-bond donors (Lipinski definition) is 1. The quantitative estimate of drug-likeness (QED) is 0.589. The Balaban J connectivity index is 1.56. The minimum Gasteiger partial charge on any atom is -0.494 e. The average Bonchev–Trinajstić information content (AvgIpc) is 2.95. The molecule has 2 aliphatic heterocycles. The fourth-order valence-electron chi connectivity index (χ4n) is 3.73. The van der Waals surface area contributed by atoms with Crippen molar-refractivity contribution in [1.29, 1.82) is 0 Å². The molecule has 1 spiro atoms. The maximum Gasteiger partial charge on any atom is 0.325 e. The van der Waals surface area contributed by atoms with Crippen LogP contribution >= 0.6 is 0 Å². The third-order valence-corrected chi connectivity index (χ3v) is 5.41. The lowest BCUT2D eigenvalue weighted by Crippen LogP contribution is -2.55. The molecule has 1 aromatic rings. The normalized spacial score (nSPS) is 18.8. The summed E-state index contributed by atoms with van der Waals surface area (Å²) in [5.74, 6) is 0.546. The van der Waals surface area contributed by atoms with Gasteiger partial charge in [-0.2, -0.15) is 0 Å². The number of hydrogen-bond acceptors (Lipinski definition) is 4. The second kappa shape index (κ2) is 8.68. The average molecular weight is 399 g/mol. The molecule has 0 aliphatic carbocycles. The van der Waals surface area contributed by atoms with Crippen molar-refractivity contribution < 1.29 is 19.1 Å². The monoisotopic (exact) mass is 399 g/mol. The van der Waals surface area contributed by atoms with Gasteiger partial charge in [0.25, 0.3) is 5.91 Å². The molecule has 2 heterocycles. The molecule has 0 radical (unpaired) electrons. The zero-order valence-electron chi connectivity index (χ0n) is 17.3. The lowest BCUT2D eigenvalue weighted by molar-refractivity contribution is -0.137. The number of urea groups is 1. The summed E-state index contributed by atoms with van der Waals surface area (Å²) in [6.07, 6.45) is 5.15. The molecule has 4 amide bonds.